The van der Waals surface area contributed by atoms with Gasteiger partial charge in [-0.15, -0.1) is 0 Å². The van der Waals surface area contributed by atoms with E-state index in [1.807, 2.05) is 0 Å². The highest BCUT2D eigenvalue weighted by Gasteiger charge is 2.32. The Kier molecular flexibility index (Phi) is 5.97. The van der Waals surface area contributed by atoms with Crippen molar-refractivity contribution in [3.8, 4) is 0 Å². The SMILES string of the molecule is O=C(O)CCC(CP(=O)(O)CC1CCCO1)C(=O)O. The zero-order chi connectivity index (χ0) is 14.5. The Hall–Kier alpha value is -0.910. The van der Waals surface area contributed by atoms with Gasteiger partial charge in [-0.2, -0.15) is 0 Å². The molecule has 0 aromatic rings. The molecule has 0 radical (unpaired) electrons. The lowest BCUT2D eigenvalue weighted by Gasteiger charge is -2.19. The lowest BCUT2D eigenvalue weighted by atomic mass is 10.1. The lowest BCUT2D eigenvalue weighted by Crippen LogP contribution is -2.22. The normalized spacial score (nSPS) is 23.7. The monoisotopic (exact) mass is 294 g/mol. The standard InChI is InChI=1S/C11H19O7P/c12-10(13)4-3-8(11(14)15)6-19(16,17)7-9-2-1-5-18-9/h8-9H,1-7H2,(H,12,13)(H,14,15)(H,16,17). The molecule has 0 bridgehead atoms. The number of carbonyl (C=O) groups is 2. The van der Waals surface area contributed by atoms with Crippen molar-refractivity contribution in [3.63, 3.8) is 0 Å². The van der Waals surface area contributed by atoms with Gasteiger partial charge >= 0.3 is 11.9 Å². The molecule has 19 heavy (non-hydrogen) atoms. The van der Waals surface area contributed by atoms with Crippen LogP contribution in [0.4, 0.5) is 0 Å². The van der Waals surface area contributed by atoms with Crippen molar-refractivity contribution in [3.05, 3.63) is 0 Å². The molecule has 0 aromatic heterocycles. The Morgan fingerprint density at radius 3 is 2.53 bits per heavy atom. The highest BCUT2D eigenvalue weighted by molar-refractivity contribution is 7.58. The minimum Gasteiger partial charge on any atom is -0.481 e. The predicted octanol–water partition coefficient (Wildman–Crippen LogP) is 1.00. The summed E-state index contributed by atoms with van der Waals surface area (Å²) in [5.74, 6) is -3.45. The topological polar surface area (TPSA) is 121 Å². The zero-order valence-corrected chi connectivity index (χ0v) is 11.4. The summed E-state index contributed by atoms with van der Waals surface area (Å²) in [7, 11) is -3.61. The van der Waals surface area contributed by atoms with Crippen molar-refractivity contribution in [2.75, 3.05) is 18.9 Å². The Bertz CT molecular complexity index is 375. The maximum atomic E-state index is 12.0. The summed E-state index contributed by atoms with van der Waals surface area (Å²) < 4.78 is 17.2. The molecule has 1 heterocycles. The molecule has 0 saturated carbocycles. The summed E-state index contributed by atoms with van der Waals surface area (Å²) in [6, 6.07) is 0. The van der Waals surface area contributed by atoms with Gasteiger partial charge in [0.1, 0.15) is 0 Å². The minimum atomic E-state index is -3.61. The largest absolute Gasteiger partial charge is 0.481 e. The molecule has 0 spiro atoms. The van der Waals surface area contributed by atoms with Gasteiger partial charge in [-0.05, 0) is 19.3 Å². The van der Waals surface area contributed by atoms with Crippen molar-refractivity contribution in [2.45, 2.75) is 31.8 Å². The molecule has 1 rings (SSSR count). The first-order valence-electron chi connectivity index (χ1n) is 6.17. The molecule has 1 fully saturated rings. The highest BCUT2D eigenvalue weighted by atomic mass is 31.2. The number of carboxylic acids is 2. The summed E-state index contributed by atoms with van der Waals surface area (Å²) in [4.78, 5) is 31.2. The predicted molar refractivity (Wildman–Crippen MR) is 66.5 cm³/mol. The molecule has 1 aliphatic heterocycles. The van der Waals surface area contributed by atoms with Crippen LogP contribution in [0.25, 0.3) is 0 Å². The average molecular weight is 294 g/mol. The second-order valence-corrected chi connectivity index (χ2v) is 7.24. The van der Waals surface area contributed by atoms with Crippen LogP contribution in [0, 0.1) is 5.92 Å². The molecule has 7 nitrogen and oxygen atoms in total. The van der Waals surface area contributed by atoms with Gasteiger partial charge in [0.05, 0.1) is 18.2 Å². The van der Waals surface area contributed by atoms with Crippen molar-refractivity contribution < 1.29 is 34.0 Å². The van der Waals surface area contributed by atoms with Crippen LogP contribution < -0.4 is 0 Å². The van der Waals surface area contributed by atoms with Crippen LogP contribution in [0.2, 0.25) is 0 Å². The van der Waals surface area contributed by atoms with Crippen LogP contribution in [0.15, 0.2) is 0 Å². The smallest absolute Gasteiger partial charge is 0.307 e. The first-order valence-corrected chi connectivity index (χ1v) is 8.20. The molecule has 3 unspecified atom stereocenters. The molecule has 3 N–H and O–H groups in total. The number of aliphatic carboxylic acids is 2. The summed E-state index contributed by atoms with van der Waals surface area (Å²) in [6.07, 6.45) is 0.352. The summed E-state index contributed by atoms with van der Waals surface area (Å²) in [5, 5.41) is 17.5. The maximum absolute atomic E-state index is 12.0. The molecule has 1 saturated heterocycles. The van der Waals surface area contributed by atoms with Crippen LogP contribution in [-0.2, 0) is 18.9 Å². The fourth-order valence-electron chi connectivity index (χ4n) is 2.12. The van der Waals surface area contributed by atoms with E-state index in [1.165, 1.54) is 0 Å². The maximum Gasteiger partial charge on any atom is 0.307 e. The van der Waals surface area contributed by atoms with Crippen molar-refractivity contribution in [1.82, 2.24) is 0 Å². The van der Waals surface area contributed by atoms with Gasteiger partial charge < -0.3 is 19.8 Å². The third-order valence-corrected chi connectivity index (χ3v) is 5.06. The fraction of sp³-hybridized carbons (Fsp3) is 0.818. The Morgan fingerprint density at radius 1 is 1.37 bits per heavy atom. The Labute approximate surface area is 111 Å². The second-order valence-electron chi connectivity index (χ2n) is 4.81. The zero-order valence-electron chi connectivity index (χ0n) is 10.5. The number of hydrogen-bond donors (Lipinski definition) is 3. The van der Waals surface area contributed by atoms with Gasteiger partial charge in [0.15, 0.2) is 0 Å². The van der Waals surface area contributed by atoms with E-state index in [0.29, 0.717) is 13.0 Å². The van der Waals surface area contributed by atoms with E-state index in [0.717, 1.165) is 6.42 Å². The van der Waals surface area contributed by atoms with Gasteiger partial charge in [0.25, 0.3) is 0 Å². The number of rotatable bonds is 8. The van der Waals surface area contributed by atoms with Gasteiger partial charge in [-0.1, -0.05) is 0 Å². The van der Waals surface area contributed by atoms with Gasteiger partial charge in [-0.3, -0.25) is 14.2 Å². The van der Waals surface area contributed by atoms with Crippen molar-refractivity contribution >= 4 is 19.3 Å². The third kappa shape index (κ3) is 6.18. The van der Waals surface area contributed by atoms with Crippen molar-refractivity contribution in [1.29, 1.82) is 0 Å². The Morgan fingerprint density at radius 2 is 2.05 bits per heavy atom. The first kappa shape index (κ1) is 16.1. The fourth-order valence-corrected chi connectivity index (χ4v) is 4.22. The van der Waals surface area contributed by atoms with E-state index < -0.39 is 31.4 Å². The van der Waals surface area contributed by atoms with E-state index in [2.05, 4.69) is 0 Å². The molecule has 0 aromatic carbocycles. The van der Waals surface area contributed by atoms with Crippen LogP contribution in [0.5, 0.6) is 0 Å². The van der Waals surface area contributed by atoms with Crippen LogP contribution >= 0.6 is 7.37 Å². The Balaban J connectivity index is 2.52. The number of ether oxygens (including phenoxy) is 1. The van der Waals surface area contributed by atoms with E-state index in [-0.39, 0.29) is 25.1 Å². The van der Waals surface area contributed by atoms with E-state index in [4.69, 9.17) is 14.9 Å². The van der Waals surface area contributed by atoms with E-state index >= 15 is 0 Å². The van der Waals surface area contributed by atoms with E-state index in [9.17, 15) is 19.0 Å². The summed E-state index contributed by atoms with van der Waals surface area (Å²) >= 11 is 0. The van der Waals surface area contributed by atoms with Crippen LogP contribution in [0.1, 0.15) is 25.7 Å². The van der Waals surface area contributed by atoms with Gasteiger partial charge in [-0.25, -0.2) is 0 Å². The molecule has 1 aliphatic rings. The number of carboxylic acid groups (broad SMARTS) is 2. The van der Waals surface area contributed by atoms with Crippen LogP contribution in [-0.4, -0.2) is 52.1 Å². The molecule has 110 valence electrons. The summed E-state index contributed by atoms with van der Waals surface area (Å²) in [5.41, 5.74) is 0. The minimum absolute atomic E-state index is 0.0517. The van der Waals surface area contributed by atoms with Gasteiger partial charge in [0, 0.05) is 19.2 Å². The third-order valence-electron chi connectivity index (χ3n) is 3.07. The van der Waals surface area contributed by atoms with E-state index in [1.54, 1.807) is 0 Å². The lowest BCUT2D eigenvalue weighted by molar-refractivity contribution is -0.142. The molecule has 0 aliphatic carbocycles. The quantitative estimate of drug-likeness (QED) is 0.571. The molecule has 8 heteroatoms. The summed E-state index contributed by atoms with van der Waals surface area (Å²) in [6.45, 7) is 0.562. The number of hydrogen-bond acceptors (Lipinski definition) is 4. The first-order chi connectivity index (χ1) is 8.80. The molecular formula is C11H19O7P. The molecular weight excluding hydrogens is 275 g/mol. The van der Waals surface area contributed by atoms with Crippen molar-refractivity contribution in [2.24, 2.45) is 5.92 Å². The second kappa shape index (κ2) is 7.03. The molecule has 3 atom stereocenters. The van der Waals surface area contributed by atoms with Crippen LogP contribution in [0.3, 0.4) is 0 Å². The molecule has 0 amide bonds. The van der Waals surface area contributed by atoms with Gasteiger partial charge in [0.2, 0.25) is 7.37 Å². The highest BCUT2D eigenvalue weighted by Crippen LogP contribution is 2.45. The average Bonchev–Trinajstić information content (AvgIpc) is 2.75.